The second-order valence-electron chi connectivity index (χ2n) is 10.4. The Kier molecular flexibility index (Phi) is 5.92. The zero-order chi connectivity index (χ0) is 23.9. The molecule has 6 heteroatoms. The van der Waals surface area contributed by atoms with E-state index in [1.807, 2.05) is 54.0 Å². The fraction of sp³-hybridized carbons (Fsp3) is 0.464. The Balaban J connectivity index is 1.50. The van der Waals surface area contributed by atoms with Gasteiger partial charge in [0.1, 0.15) is 5.54 Å². The number of carbonyl (C=O) groups is 2. The van der Waals surface area contributed by atoms with Crippen LogP contribution in [0.5, 0.6) is 0 Å². The number of aromatic nitrogens is 2. The van der Waals surface area contributed by atoms with Gasteiger partial charge in [0.05, 0.1) is 17.6 Å². The summed E-state index contributed by atoms with van der Waals surface area (Å²) in [6, 6.07) is 18.1. The van der Waals surface area contributed by atoms with Gasteiger partial charge in [-0.15, -0.1) is 0 Å². The second kappa shape index (κ2) is 8.90. The first-order valence-electron chi connectivity index (χ1n) is 12.5. The Hall–Kier alpha value is -3.15. The van der Waals surface area contributed by atoms with Crippen molar-refractivity contribution in [1.29, 1.82) is 0 Å². The SMILES string of the molecule is CC1CCC(NC(=O)[C@@]2(C)Cn3c(nc4ccccc43)C(=O)N2C[C@H](C)c2ccccc2)CC1. The van der Waals surface area contributed by atoms with E-state index in [1.165, 1.54) is 0 Å². The van der Waals surface area contributed by atoms with Crippen molar-refractivity contribution < 1.29 is 9.59 Å². The minimum absolute atomic E-state index is 0.0657. The summed E-state index contributed by atoms with van der Waals surface area (Å²) in [5.41, 5.74) is 1.83. The fourth-order valence-electron chi connectivity index (χ4n) is 5.52. The average molecular weight is 459 g/mol. The number of benzene rings is 2. The summed E-state index contributed by atoms with van der Waals surface area (Å²) in [7, 11) is 0. The summed E-state index contributed by atoms with van der Waals surface area (Å²) in [6.07, 6.45) is 4.25. The van der Waals surface area contributed by atoms with Crippen molar-refractivity contribution in [3.8, 4) is 0 Å². The molecule has 0 spiro atoms. The Labute approximate surface area is 201 Å². The molecule has 0 bridgehead atoms. The number of hydrogen-bond acceptors (Lipinski definition) is 3. The van der Waals surface area contributed by atoms with Gasteiger partial charge in [-0.3, -0.25) is 9.59 Å². The van der Waals surface area contributed by atoms with Crippen LogP contribution in [0.3, 0.4) is 0 Å². The molecule has 178 valence electrons. The molecule has 2 heterocycles. The first kappa shape index (κ1) is 22.6. The van der Waals surface area contributed by atoms with Crippen LogP contribution in [0.25, 0.3) is 11.0 Å². The Morgan fingerprint density at radius 1 is 1.09 bits per heavy atom. The molecular weight excluding hydrogens is 424 g/mol. The van der Waals surface area contributed by atoms with Crippen LogP contribution in [0.15, 0.2) is 54.6 Å². The smallest absolute Gasteiger partial charge is 0.290 e. The molecule has 0 saturated heterocycles. The molecule has 5 rings (SSSR count). The molecule has 0 unspecified atom stereocenters. The van der Waals surface area contributed by atoms with Crippen LogP contribution in [-0.2, 0) is 11.3 Å². The van der Waals surface area contributed by atoms with Gasteiger partial charge in [0.2, 0.25) is 5.91 Å². The van der Waals surface area contributed by atoms with Crippen molar-refractivity contribution in [3.63, 3.8) is 0 Å². The number of amides is 2. The molecule has 1 aliphatic heterocycles. The molecule has 3 aromatic rings. The molecule has 2 atom stereocenters. The lowest BCUT2D eigenvalue weighted by molar-refractivity contribution is -0.134. The van der Waals surface area contributed by atoms with E-state index < -0.39 is 5.54 Å². The number of carbonyl (C=O) groups excluding carboxylic acids is 2. The summed E-state index contributed by atoms with van der Waals surface area (Å²) in [6.45, 7) is 7.16. The maximum absolute atomic E-state index is 13.9. The van der Waals surface area contributed by atoms with Crippen molar-refractivity contribution in [3.05, 3.63) is 66.0 Å². The lowest BCUT2D eigenvalue weighted by atomic mass is 9.86. The third-order valence-corrected chi connectivity index (χ3v) is 7.82. The second-order valence-corrected chi connectivity index (χ2v) is 10.4. The quantitative estimate of drug-likeness (QED) is 0.600. The molecule has 2 aliphatic rings. The molecule has 34 heavy (non-hydrogen) atoms. The van der Waals surface area contributed by atoms with Crippen LogP contribution in [0.1, 0.15) is 68.6 Å². The van der Waals surface area contributed by atoms with Crippen LogP contribution in [0, 0.1) is 5.92 Å². The topological polar surface area (TPSA) is 67.2 Å². The maximum Gasteiger partial charge on any atom is 0.290 e. The van der Waals surface area contributed by atoms with Crippen molar-refractivity contribution >= 4 is 22.8 Å². The number of fused-ring (bicyclic) bond motifs is 3. The zero-order valence-corrected chi connectivity index (χ0v) is 20.3. The Morgan fingerprint density at radius 2 is 1.76 bits per heavy atom. The van der Waals surface area contributed by atoms with E-state index in [0.29, 0.717) is 24.8 Å². The lowest BCUT2D eigenvalue weighted by Gasteiger charge is -2.45. The highest BCUT2D eigenvalue weighted by molar-refractivity contribution is 6.01. The normalized spacial score (nSPS) is 25.7. The van der Waals surface area contributed by atoms with E-state index >= 15 is 0 Å². The molecule has 0 radical (unpaired) electrons. The third-order valence-electron chi connectivity index (χ3n) is 7.82. The summed E-state index contributed by atoms with van der Waals surface area (Å²) in [4.78, 5) is 34.2. The third kappa shape index (κ3) is 3.99. The predicted octanol–water partition coefficient (Wildman–Crippen LogP) is 4.75. The standard InChI is InChI=1S/C28H34N4O2/c1-19-13-15-22(16-14-19)29-27(34)28(3)18-31-24-12-8-7-11-23(24)30-25(31)26(33)32(28)17-20(2)21-9-5-4-6-10-21/h4-12,19-20,22H,13-18H2,1-3H3,(H,29,34)/t19?,20-,22?,28+/m0/s1. The minimum atomic E-state index is -1.00. The van der Waals surface area contributed by atoms with Crippen LogP contribution in [-0.4, -0.2) is 44.4 Å². The molecule has 1 aromatic heterocycles. The van der Waals surface area contributed by atoms with Gasteiger partial charge in [-0.25, -0.2) is 4.98 Å². The van der Waals surface area contributed by atoms with Crippen LogP contribution in [0.2, 0.25) is 0 Å². The molecule has 1 N–H and O–H groups in total. The van der Waals surface area contributed by atoms with Gasteiger partial charge in [-0.2, -0.15) is 0 Å². The number of imidazole rings is 1. The Bertz CT molecular complexity index is 1200. The van der Waals surface area contributed by atoms with Gasteiger partial charge in [-0.05, 0) is 62.1 Å². The minimum Gasteiger partial charge on any atom is -0.351 e. The molecular formula is C28H34N4O2. The molecule has 1 aliphatic carbocycles. The van der Waals surface area contributed by atoms with Gasteiger partial charge >= 0.3 is 0 Å². The van der Waals surface area contributed by atoms with Crippen molar-refractivity contribution in [2.45, 2.75) is 70.5 Å². The largest absolute Gasteiger partial charge is 0.351 e. The summed E-state index contributed by atoms with van der Waals surface area (Å²) < 4.78 is 1.93. The summed E-state index contributed by atoms with van der Waals surface area (Å²) in [5, 5.41) is 3.32. The average Bonchev–Trinajstić information content (AvgIpc) is 3.22. The van der Waals surface area contributed by atoms with Gasteiger partial charge in [0.15, 0.2) is 5.82 Å². The van der Waals surface area contributed by atoms with Crippen LogP contribution >= 0.6 is 0 Å². The van der Waals surface area contributed by atoms with Gasteiger partial charge in [-0.1, -0.05) is 56.3 Å². The van der Waals surface area contributed by atoms with Crippen LogP contribution in [0.4, 0.5) is 0 Å². The molecule has 6 nitrogen and oxygen atoms in total. The molecule has 1 fully saturated rings. The highest BCUT2D eigenvalue weighted by Gasteiger charge is 2.49. The van der Waals surface area contributed by atoms with E-state index in [0.717, 1.165) is 42.3 Å². The highest BCUT2D eigenvalue weighted by atomic mass is 16.2. The number of rotatable bonds is 5. The molecule has 1 saturated carbocycles. The first-order chi connectivity index (χ1) is 16.4. The van der Waals surface area contributed by atoms with Crippen molar-refractivity contribution in [2.75, 3.05) is 6.54 Å². The maximum atomic E-state index is 13.9. The number of nitrogens with zero attached hydrogens (tertiary/aromatic N) is 3. The zero-order valence-electron chi connectivity index (χ0n) is 20.3. The summed E-state index contributed by atoms with van der Waals surface area (Å²) >= 11 is 0. The van der Waals surface area contributed by atoms with E-state index in [4.69, 9.17) is 0 Å². The van der Waals surface area contributed by atoms with Gasteiger partial charge in [0.25, 0.3) is 5.91 Å². The Morgan fingerprint density at radius 3 is 2.50 bits per heavy atom. The molecule has 2 aromatic carbocycles. The first-order valence-corrected chi connectivity index (χ1v) is 12.5. The fourth-order valence-corrected chi connectivity index (χ4v) is 5.52. The van der Waals surface area contributed by atoms with E-state index in [9.17, 15) is 9.59 Å². The predicted molar refractivity (Wildman–Crippen MR) is 134 cm³/mol. The number of nitrogens with one attached hydrogen (secondary N) is 1. The van der Waals surface area contributed by atoms with E-state index in [1.54, 1.807) is 4.90 Å². The van der Waals surface area contributed by atoms with E-state index in [2.05, 4.69) is 36.3 Å². The highest BCUT2D eigenvalue weighted by Crippen LogP contribution is 2.33. The van der Waals surface area contributed by atoms with Crippen molar-refractivity contribution in [2.24, 2.45) is 5.92 Å². The number of para-hydroxylation sites is 2. The van der Waals surface area contributed by atoms with Gasteiger partial charge < -0.3 is 14.8 Å². The monoisotopic (exact) mass is 458 g/mol. The lowest BCUT2D eigenvalue weighted by Crippen LogP contribution is -2.65. The summed E-state index contributed by atoms with van der Waals surface area (Å²) in [5.74, 6) is 0.967. The number of hydrogen-bond donors (Lipinski definition) is 1. The van der Waals surface area contributed by atoms with Gasteiger partial charge in [0, 0.05) is 12.6 Å². The van der Waals surface area contributed by atoms with Crippen LogP contribution < -0.4 is 5.32 Å². The molecule has 2 amide bonds. The van der Waals surface area contributed by atoms with Crippen molar-refractivity contribution in [1.82, 2.24) is 19.8 Å². The van der Waals surface area contributed by atoms with E-state index in [-0.39, 0.29) is 23.8 Å².